The van der Waals surface area contributed by atoms with Gasteiger partial charge in [0.2, 0.25) is 0 Å². The van der Waals surface area contributed by atoms with E-state index in [-0.39, 0.29) is 11.4 Å². The Morgan fingerprint density at radius 3 is 2.37 bits per heavy atom. The SMILES string of the molecule is Nc1cc(F)c(S(=O)Cc2cccc(Cl)c2)c(F)c1. The van der Waals surface area contributed by atoms with Gasteiger partial charge in [-0.3, -0.25) is 4.21 Å². The second-order valence-electron chi connectivity index (χ2n) is 3.93. The standard InChI is InChI=1S/C13H10ClF2NOS/c14-9-3-1-2-8(4-9)7-19(18)13-11(15)5-10(17)6-12(13)16/h1-6H,7,17H2. The molecule has 0 aliphatic carbocycles. The molecule has 0 fully saturated rings. The average Bonchev–Trinajstić information content (AvgIpc) is 2.27. The van der Waals surface area contributed by atoms with Crippen LogP contribution in [0.15, 0.2) is 41.3 Å². The normalized spacial score (nSPS) is 12.4. The zero-order chi connectivity index (χ0) is 14.0. The first-order valence-corrected chi connectivity index (χ1v) is 7.04. The van der Waals surface area contributed by atoms with Crippen LogP contribution in [0.5, 0.6) is 0 Å². The van der Waals surface area contributed by atoms with Gasteiger partial charge in [-0.05, 0) is 29.8 Å². The van der Waals surface area contributed by atoms with Gasteiger partial charge < -0.3 is 5.73 Å². The van der Waals surface area contributed by atoms with Crippen molar-refractivity contribution in [1.82, 2.24) is 0 Å². The molecule has 0 heterocycles. The minimum Gasteiger partial charge on any atom is -0.399 e. The van der Waals surface area contributed by atoms with Gasteiger partial charge in [-0.2, -0.15) is 0 Å². The van der Waals surface area contributed by atoms with Crippen LogP contribution in [-0.4, -0.2) is 4.21 Å². The van der Waals surface area contributed by atoms with Crippen LogP contribution in [0, 0.1) is 11.6 Å². The van der Waals surface area contributed by atoms with Crippen LogP contribution in [0.25, 0.3) is 0 Å². The summed E-state index contributed by atoms with van der Waals surface area (Å²) in [5.41, 5.74) is 5.90. The fourth-order valence-electron chi connectivity index (χ4n) is 1.65. The molecular formula is C13H10ClF2NOS. The van der Waals surface area contributed by atoms with Crippen molar-refractivity contribution in [1.29, 1.82) is 0 Å². The summed E-state index contributed by atoms with van der Waals surface area (Å²) in [5, 5.41) is 0.479. The molecule has 0 amide bonds. The molecule has 0 saturated heterocycles. The van der Waals surface area contributed by atoms with E-state index >= 15 is 0 Å². The smallest absolute Gasteiger partial charge is 0.144 e. The van der Waals surface area contributed by atoms with Gasteiger partial charge in [-0.1, -0.05) is 23.7 Å². The summed E-state index contributed by atoms with van der Waals surface area (Å²) >= 11 is 5.79. The van der Waals surface area contributed by atoms with Gasteiger partial charge in [0.05, 0.1) is 16.6 Å². The van der Waals surface area contributed by atoms with E-state index in [2.05, 4.69) is 0 Å². The van der Waals surface area contributed by atoms with E-state index in [9.17, 15) is 13.0 Å². The zero-order valence-corrected chi connectivity index (χ0v) is 11.3. The van der Waals surface area contributed by atoms with Crippen molar-refractivity contribution >= 4 is 28.1 Å². The molecule has 1 unspecified atom stereocenters. The predicted octanol–water partition coefficient (Wildman–Crippen LogP) is 3.51. The molecule has 6 heteroatoms. The third kappa shape index (κ3) is 3.30. The van der Waals surface area contributed by atoms with Gasteiger partial charge in [0, 0.05) is 10.7 Å². The Bertz CT molecular complexity index is 625. The lowest BCUT2D eigenvalue weighted by atomic mass is 10.2. The summed E-state index contributed by atoms with van der Waals surface area (Å²) in [6.07, 6.45) is 0. The predicted molar refractivity (Wildman–Crippen MR) is 72.3 cm³/mol. The van der Waals surface area contributed by atoms with Crippen LogP contribution in [0.1, 0.15) is 5.56 Å². The third-order valence-electron chi connectivity index (χ3n) is 2.44. The highest BCUT2D eigenvalue weighted by Crippen LogP contribution is 2.23. The Hall–Kier alpha value is -1.46. The molecule has 0 bridgehead atoms. The maximum absolute atomic E-state index is 13.6. The van der Waals surface area contributed by atoms with Gasteiger partial charge in [-0.25, -0.2) is 8.78 Å². The number of hydrogen-bond donors (Lipinski definition) is 1. The second kappa shape index (κ2) is 5.67. The van der Waals surface area contributed by atoms with Gasteiger partial charge >= 0.3 is 0 Å². The molecule has 0 aliphatic rings. The number of hydrogen-bond acceptors (Lipinski definition) is 2. The molecule has 0 aromatic heterocycles. The van der Waals surface area contributed by atoms with E-state index in [1.807, 2.05) is 0 Å². The fourth-order valence-corrected chi connectivity index (χ4v) is 3.04. The number of nitrogens with two attached hydrogens (primary N) is 1. The van der Waals surface area contributed by atoms with E-state index in [0.29, 0.717) is 10.6 Å². The van der Waals surface area contributed by atoms with Crippen molar-refractivity contribution in [2.24, 2.45) is 0 Å². The topological polar surface area (TPSA) is 43.1 Å². The van der Waals surface area contributed by atoms with Gasteiger partial charge in [0.25, 0.3) is 0 Å². The van der Waals surface area contributed by atoms with Crippen molar-refractivity contribution in [3.8, 4) is 0 Å². The lowest BCUT2D eigenvalue weighted by molar-refractivity contribution is 0.535. The van der Waals surface area contributed by atoms with Crippen molar-refractivity contribution in [2.75, 3.05) is 5.73 Å². The minimum absolute atomic E-state index is 0.0156. The summed E-state index contributed by atoms with van der Waals surface area (Å²) in [5.74, 6) is -1.83. The van der Waals surface area contributed by atoms with E-state index in [0.717, 1.165) is 12.1 Å². The van der Waals surface area contributed by atoms with Gasteiger partial charge in [0.15, 0.2) is 0 Å². The Morgan fingerprint density at radius 2 is 1.79 bits per heavy atom. The molecule has 0 spiro atoms. The fraction of sp³-hybridized carbons (Fsp3) is 0.0769. The summed E-state index contributed by atoms with van der Waals surface area (Å²) in [6.45, 7) is 0. The minimum atomic E-state index is -1.84. The van der Waals surface area contributed by atoms with E-state index in [1.165, 1.54) is 0 Å². The summed E-state index contributed by atoms with van der Waals surface area (Å²) in [6, 6.07) is 8.55. The van der Waals surface area contributed by atoms with Crippen LogP contribution >= 0.6 is 11.6 Å². The Kier molecular flexibility index (Phi) is 4.17. The molecule has 19 heavy (non-hydrogen) atoms. The van der Waals surface area contributed by atoms with Crippen molar-refractivity contribution in [3.05, 3.63) is 58.6 Å². The molecule has 1 atom stereocenters. The number of rotatable bonds is 3. The maximum Gasteiger partial charge on any atom is 0.144 e. The Labute approximate surface area is 116 Å². The highest BCUT2D eigenvalue weighted by atomic mass is 35.5. The lowest BCUT2D eigenvalue weighted by Crippen LogP contribution is -2.04. The van der Waals surface area contributed by atoms with Crippen molar-refractivity contribution in [3.63, 3.8) is 0 Å². The summed E-state index contributed by atoms with van der Waals surface area (Å²) in [4.78, 5) is -0.464. The van der Waals surface area contributed by atoms with Crippen LogP contribution in [0.3, 0.4) is 0 Å². The molecule has 2 aromatic carbocycles. The highest BCUT2D eigenvalue weighted by molar-refractivity contribution is 7.84. The van der Waals surface area contributed by atoms with Gasteiger partial charge in [0.1, 0.15) is 16.5 Å². The van der Waals surface area contributed by atoms with Crippen LogP contribution < -0.4 is 5.73 Å². The third-order valence-corrected chi connectivity index (χ3v) is 4.11. The number of nitrogen functional groups attached to an aromatic ring is 1. The summed E-state index contributed by atoms with van der Waals surface area (Å²) < 4.78 is 39.2. The molecule has 2 rings (SSSR count). The Balaban J connectivity index is 2.31. The number of anilines is 1. The first-order chi connectivity index (χ1) is 8.97. The summed E-state index contributed by atoms with van der Waals surface area (Å²) in [7, 11) is -1.84. The van der Waals surface area contributed by atoms with Crippen molar-refractivity contribution in [2.45, 2.75) is 10.6 Å². The monoisotopic (exact) mass is 301 g/mol. The van der Waals surface area contributed by atoms with Crippen LogP contribution in [0.4, 0.5) is 14.5 Å². The molecule has 0 aliphatic heterocycles. The molecule has 2 nitrogen and oxygen atoms in total. The van der Waals surface area contributed by atoms with E-state index in [4.69, 9.17) is 17.3 Å². The van der Waals surface area contributed by atoms with Gasteiger partial charge in [-0.15, -0.1) is 0 Å². The quantitative estimate of drug-likeness (QED) is 0.882. The van der Waals surface area contributed by atoms with Crippen molar-refractivity contribution < 1.29 is 13.0 Å². The largest absolute Gasteiger partial charge is 0.399 e. The van der Waals surface area contributed by atoms with Crippen LogP contribution in [-0.2, 0) is 16.6 Å². The first-order valence-electron chi connectivity index (χ1n) is 5.34. The highest BCUT2D eigenvalue weighted by Gasteiger charge is 2.17. The van der Waals surface area contributed by atoms with Crippen LogP contribution in [0.2, 0.25) is 5.02 Å². The van der Waals surface area contributed by atoms with E-state index in [1.54, 1.807) is 24.3 Å². The molecule has 0 saturated carbocycles. The molecule has 2 aromatic rings. The first kappa shape index (κ1) is 14.0. The number of benzene rings is 2. The molecule has 100 valence electrons. The molecule has 2 N–H and O–H groups in total. The Morgan fingerprint density at radius 1 is 1.16 bits per heavy atom. The maximum atomic E-state index is 13.6. The zero-order valence-electron chi connectivity index (χ0n) is 9.70. The lowest BCUT2D eigenvalue weighted by Gasteiger charge is -2.07. The average molecular weight is 302 g/mol. The number of halogens is 3. The molecule has 0 radical (unpaired) electrons. The molecular weight excluding hydrogens is 292 g/mol. The van der Waals surface area contributed by atoms with E-state index < -0.39 is 27.3 Å². The second-order valence-corrected chi connectivity index (χ2v) is 5.76.